The Kier molecular flexibility index (Phi) is 2.62. The third-order valence-electron chi connectivity index (χ3n) is 1.68. The van der Waals surface area contributed by atoms with Crippen LogP contribution in [0.4, 0.5) is 0 Å². The number of hydrogen-bond acceptors (Lipinski definition) is 3. The van der Waals surface area contributed by atoms with Crippen LogP contribution in [0, 0.1) is 11.3 Å². The quantitative estimate of drug-likeness (QED) is 0.639. The third kappa shape index (κ3) is 1.83. The van der Waals surface area contributed by atoms with E-state index in [0.717, 1.165) is 0 Å². The average Bonchev–Trinajstić information content (AvgIpc) is 2.17. The minimum Gasteiger partial charge on any atom is -0.328 e. The van der Waals surface area contributed by atoms with Gasteiger partial charge in [0.15, 0.2) is 0 Å². The van der Waals surface area contributed by atoms with Gasteiger partial charge in [-0.05, 0) is 11.6 Å². The second-order valence-electron chi connectivity index (χ2n) is 2.55. The van der Waals surface area contributed by atoms with Crippen LogP contribution < -0.4 is 11.3 Å². The monoisotopic (exact) mass is 175 g/mol. The van der Waals surface area contributed by atoms with Gasteiger partial charge in [0.25, 0.3) is 5.56 Å². The van der Waals surface area contributed by atoms with Crippen LogP contribution in [-0.4, -0.2) is 4.98 Å². The van der Waals surface area contributed by atoms with Gasteiger partial charge in [-0.1, -0.05) is 6.08 Å². The summed E-state index contributed by atoms with van der Waals surface area (Å²) in [7, 11) is 0. The molecule has 0 radical (unpaired) electrons. The number of nitrogens with one attached hydrogen (secondary N) is 1. The Balaban J connectivity index is 3.23. The minimum absolute atomic E-state index is 0.0646. The maximum Gasteiger partial charge on any atom is 0.265 e. The number of rotatable bonds is 2. The molecule has 0 aliphatic carbocycles. The molecule has 3 N–H and O–H groups in total. The summed E-state index contributed by atoms with van der Waals surface area (Å²) in [6, 6.07) is 2.89. The second-order valence-corrected chi connectivity index (χ2v) is 2.55. The zero-order valence-electron chi connectivity index (χ0n) is 6.95. The fourth-order valence-corrected chi connectivity index (χ4v) is 0.912. The molecular formula is C9H9N3O. The molecule has 4 heteroatoms. The van der Waals surface area contributed by atoms with Gasteiger partial charge in [0.1, 0.15) is 11.6 Å². The van der Waals surface area contributed by atoms with E-state index in [-0.39, 0.29) is 11.6 Å². The molecule has 0 aliphatic rings. The summed E-state index contributed by atoms with van der Waals surface area (Å²) in [4.78, 5) is 13.4. The number of nitrogens with two attached hydrogens (primary N) is 1. The summed E-state index contributed by atoms with van der Waals surface area (Å²) in [5.74, 6) is 0. The Bertz CT molecular complexity index is 414. The van der Waals surface area contributed by atoms with Gasteiger partial charge in [0.05, 0.1) is 0 Å². The van der Waals surface area contributed by atoms with Gasteiger partial charge < -0.3 is 10.7 Å². The zero-order chi connectivity index (χ0) is 9.84. The SMILES string of the molecule is C=C[C@H](N)c1c[nH]c(=O)c(C#N)c1. The molecule has 1 rings (SSSR count). The van der Waals surface area contributed by atoms with Crippen LogP contribution in [0.1, 0.15) is 17.2 Å². The fourth-order valence-electron chi connectivity index (χ4n) is 0.912. The molecule has 0 saturated carbocycles. The molecule has 0 aromatic carbocycles. The van der Waals surface area contributed by atoms with Crippen molar-refractivity contribution in [3.8, 4) is 6.07 Å². The number of nitriles is 1. The second kappa shape index (κ2) is 3.70. The van der Waals surface area contributed by atoms with E-state index in [1.807, 2.05) is 0 Å². The zero-order valence-corrected chi connectivity index (χ0v) is 6.95. The molecule has 0 bridgehead atoms. The first-order valence-corrected chi connectivity index (χ1v) is 3.70. The first kappa shape index (κ1) is 9.23. The lowest BCUT2D eigenvalue weighted by Gasteiger charge is -2.04. The fraction of sp³-hybridized carbons (Fsp3) is 0.111. The topological polar surface area (TPSA) is 82.7 Å². The molecule has 1 atom stereocenters. The van der Waals surface area contributed by atoms with Crippen molar-refractivity contribution in [3.05, 3.63) is 46.4 Å². The predicted molar refractivity (Wildman–Crippen MR) is 48.9 cm³/mol. The van der Waals surface area contributed by atoms with Gasteiger partial charge in [0.2, 0.25) is 0 Å². The first-order chi connectivity index (χ1) is 6.19. The normalized spacial score (nSPS) is 11.7. The van der Waals surface area contributed by atoms with E-state index in [2.05, 4.69) is 11.6 Å². The third-order valence-corrected chi connectivity index (χ3v) is 1.68. The van der Waals surface area contributed by atoms with Crippen LogP contribution >= 0.6 is 0 Å². The summed E-state index contributed by atoms with van der Waals surface area (Å²) in [5, 5.41) is 8.56. The Morgan fingerprint density at radius 1 is 1.77 bits per heavy atom. The van der Waals surface area contributed by atoms with Crippen molar-refractivity contribution in [3.63, 3.8) is 0 Å². The van der Waals surface area contributed by atoms with Crippen LogP contribution in [0.25, 0.3) is 0 Å². The van der Waals surface area contributed by atoms with Gasteiger partial charge in [-0.3, -0.25) is 4.79 Å². The summed E-state index contributed by atoms with van der Waals surface area (Å²) >= 11 is 0. The van der Waals surface area contributed by atoms with Crippen molar-refractivity contribution in [2.75, 3.05) is 0 Å². The molecule has 66 valence electrons. The predicted octanol–water partition coefficient (Wildman–Crippen LogP) is 0.432. The van der Waals surface area contributed by atoms with Crippen molar-refractivity contribution in [2.24, 2.45) is 5.73 Å². The standard InChI is InChI=1S/C9H9N3O/c1-2-8(11)7-3-6(4-10)9(13)12-5-7/h2-3,5,8H,1,11H2,(H,12,13)/t8-/m0/s1. The van der Waals surface area contributed by atoms with Crippen molar-refractivity contribution >= 4 is 0 Å². The van der Waals surface area contributed by atoms with Crippen molar-refractivity contribution in [2.45, 2.75) is 6.04 Å². The highest BCUT2D eigenvalue weighted by Gasteiger charge is 2.04. The van der Waals surface area contributed by atoms with Crippen LogP contribution in [-0.2, 0) is 0 Å². The summed E-state index contributed by atoms with van der Waals surface area (Å²) in [6.07, 6.45) is 3.02. The van der Waals surface area contributed by atoms with E-state index >= 15 is 0 Å². The molecule has 0 fully saturated rings. The van der Waals surface area contributed by atoms with Crippen LogP contribution in [0.15, 0.2) is 29.7 Å². The summed E-state index contributed by atoms with van der Waals surface area (Å²) in [6.45, 7) is 3.51. The van der Waals surface area contributed by atoms with E-state index in [1.54, 1.807) is 6.07 Å². The highest BCUT2D eigenvalue weighted by Crippen LogP contribution is 2.08. The molecule has 1 aromatic rings. The van der Waals surface area contributed by atoms with Crippen LogP contribution in [0.5, 0.6) is 0 Å². The van der Waals surface area contributed by atoms with Crippen LogP contribution in [0.3, 0.4) is 0 Å². The molecule has 0 amide bonds. The molecule has 1 heterocycles. The van der Waals surface area contributed by atoms with Gasteiger partial charge in [-0.15, -0.1) is 6.58 Å². The van der Waals surface area contributed by atoms with Gasteiger partial charge in [-0.25, -0.2) is 0 Å². The maximum atomic E-state index is 11.0. The average molecular weight is 175 g/mol. The largest absolute Gasteiger partial charge is 0.328 e. The molecule has 0 saturated heterocycles. The Labute approximate surface area is 75.3 Å². The molecular weight excluding hydrogens is 166 g/mol. The van der Waals surface area contributed by atoms with Gasteiger partial charge >= 0.3 is 0 Å². The van der Waals surface area contributed by atoms with Crippen molar-refractivity contribution in [1.82, 2.24) is 4.98 Å². The van der Waals surface area contributed by atoms with E-state index in [1.165, 1.54) is 18.3 Å². The molecule has 0 aliphatic heterocycles. The summed E-state index contributed by atoms with van der Waals surface area (Å²) < 4.78 is 0. The van der Waals surface area contributed by atoms with Crippen molar-refractivity contribution < 1.29 is 0 Å². The Hall–Kier alpha value is -1.86. The molecule has 0 spiro atoms. The van der Waals surface area contributed by atoms with Crippen molar-refractivity contribution in [1.29, 1.82) is 5.26 Å². The number of H-pyrrole nitrogens is 1. The van der Waals surface area contributed by atoms with E-state index < -0.39 is 5.56 Å². The molecule has 1 aromatic heterocycles. The summed E-state index contributed by atoms with van der Waals surface area (Å²) in [5.41, 5.74) is 5.95. The lowest BCUT2D eigenvalue weighted by molar-refractivity contribution is 0.898. The Morgan fingerprint density at radius 2 is 2.46 bits per heavy atom. The number of pyridine rings is 1. The lowest BCUT2D eigenvalue weighted by atomic mass is 10.1. The number of aromatic nitrogens is 1. The maximum absolute atomic E-state index is 11.0. The smallest absolute Gasteiger partial charge is 0.265 e. The number of nitrogens with zero attached hydrogens (tertiary/aromatic N) is 1. The molecule has 0 unspecified atom stereocenters. The molecule has 4 nitrogen and oxygen atoms in total. The van der Waals surface area contributed by atoms with E-state index in [4.69, 9.17) is 11.0 Å². The first-order valence-electron chi connectivity index (χ1n) is 3.70. The van der Waals surface area contributed by atoms with Crippen LogP contribution in [0.2, 0.25) is 0 Å². The highest BCUT2D eigenvalue weighted by atomic mass is 16.1. The highest BCUT2D eigenvalue weighted by molar-refractivity contribution is 5.31. The number of aromatic amines is 1. The van der Waals surface area contributed by atoms with Gasteiger partial charge in [0, 0.05) is 12.2 Å². The van der Waals surface area contributed by atoms with E-state index in [9.17, 15) is 4.79 Å². The number of hydrogen-bond donors (Lipinski definition) is 2. The lowest BCUT2D eigenvalue weighted by Crippen LogP contribution is -2.14. The van der Waals surface area contributed by atoms with E-state index in [0.29, 0.717) is 5.56 Å². The minimum atomic E-state index is -0.400. The molecule has 13 heavy (non-hydrogen) atoms. The van der Waals surface area contributed by atoms with Gasteiger partial charge in [-0.2, -0.15) is 5.26 Å². The Morgan fingerprint density at radius 3 is 3.00 bits per heavy atom.